The lowest BCUT2D eigenvalue weighted by Gasteiger charge is -2.34. The van der Waals surface area contributed by atoms with Gasteiger partial charge in [-0.25, -0.2) is 0 Å². The number of ether oxygens (including phenoxy) is 1. The normalized spacial score (nSPS) is 38.0. The van der Waals surface area contributed by atoms with E-state index in [-0.39, 0.29) is 18.1 Å². The van der Waals surface area contributed by atoms with Crippen LogP contribution in [0.1, 0.15) is 46.5 Å². The van der Waals surface area contributed by atoms with Crippen LogP contribution in [0.2, 0.25) is 0 Å². The van der Waals surface area contributed by atoms with Crippen LogP contribution in [0.5, 0.6) is 0 Å². The molecule has 4 unspecified atom stereocenters. The van der Waals surface area contributed by atoms with E-state index in [0.29, 0.717) is 12.1 Å². The highest BCUT2D eigenvalue weighted by Crippen LogP contribution is 2.35. The molecule has 0 aromatic heterocycles. The van der Waals surface area contributed by atoms with Crippen LogP contribution < -0.4 is 11.1 Å². The highest BCUT2D eigenvalue weighted by atomic mass is 16.5. The number of carbonyl (C=O) groups is 1. The van der Waals surface area contributed by atoms with Gasteiger partial charge in [0.2, 0.25) is 5.91 Å². The lowest BCUT2D eigenvalue weighted by molar-refractivity contribution is -0.124. The molecule has 0 spiro atoms. The zero-order chi connectivity index (χ0) is 14.9. The Balaban J connectivity index is 2.04. The smallest absolute Gasteiger partial charge is 0.237 e. The Morgan fingerprint density at radius 2 is 2.15 bits per heavy atom. The average molecular weight is 283 g/mol. The Morgan fingerprint density at radius 3 is 2.65 bits per heavy atom. The SMILES string of the molecule is CC(C)NC1(C(N)=O)CCC(N(C)C2CCOC2C)C1. The monoisotopic (exact) mass is 283 g/mol. The maximum atomic E-state index is 11.9. The number of nitrogens with zero attached hydrogens (tertiary/aromatic N) is 1. The van der Waals surface area contributed by atoms with Gasteiger partial charge >= 0.3 is 0 Å². The molecule has 0 bridgehead atoms. The Bertz CT molecular complexity index is 361. The Morgan fingerprint density at radius 1 is 1.45 bits per heavy atom. The molecule has 1 aliphatic heterocycles. The molecule has 2 rings (SSSR count). The van der Waals surface area contributed by atoms with E-state index in [4.69, 9.17) is 10.5 Å². The van der Waals surface area contributed by atoms with Gasteiger partial charge in [-0.1, -0.05) is 0 Å². The van der Waals surface area contributed by atoms with Crippen LogP contribution in [0.4, 0.5) is 0 Å². The molecular formula is C15H29N3O2. The molecule has 4 atom stereocenters. The quantitative estimate of drug-likeness (QED) is 0.785. The molecule has 1 aliphatic carbocycles. The molecule has 0 aromatic carbocycles. The molecule has 0 aromatic rings. The average Bonchev–Trinajstić information content (AvgIpc) is 2.95. The first-order valence-electron chi connectivity index (χ1n) is 7.77. The topological polar surface area (TPSA) is 67.6 Å². The Labute approximate surface area is 122 Å². The molecular weight excluding hydrogens is 254 g/mol. The second-order valence-electron chi connectivity index (χ2n) is 6.74. The largest absolute Gasteiger partial charge is 0.377 e. The summed E-state index contributed by atoms with van der Waals surface area (Å²) in [5.41, 5.74) is 5.15. The van der Waals surface area contributed by atoms with Gasteiger partial charge < -0.3 is 15.8 Å². The van der Waals surface area contributed by atoms with Crippen molar-refractivity contribution in [1.29, 1.82) is 0 Å². The molecule has 0 radical (unpaired) electrons. The van der Waals surface area contributed by atoms with Crippen molar-refractivity contribution >= 4 is 5.91 Å². The van der Waals surface area contributed by atoms with Gasteiger partial charge in [0.1, 0.15) is 0 Å². The highest BCUT2D eigenvalue weighted by Gasteiger charge is 2.47. The molecule has 5 heteroatoms. The summed E-state index contributed by atoms with van der Waals surface area (Å²) in [4.78, 5) is 14.3. The summed E-state index contributed by atoms with van der Waals surface area (Å²) >= 11 is 0. The number of carbonyl (C=O) groups excluding carboxylic acids is 1. The first kappa shape index (κ1) is 15.7. The predicted octanol–water partition coefficient (Wildman–Crippen LogP) is 0.870. The van der Waals surface area contributed by atoms with Crippen LogP contribution in [-0.4, -0.2) is 54.2 Å². The van der Waals surface area contributed by atoms with E-state index in [9.17, 15) is 4.79 Å². The lowest BCUT2D eigenvalue weighted by atomic mass is 9.94. The van der Waals surface area contributed by atoms with Crippen LogP contribution in [-0.2, 0) is 9.53 Å². The van der Waals surface area contributed by atoms with Crippen molar-refractivity contribution < 1.29 is 9.53 Å². The first-order valence-corrected chi connectivity index (χ1v) is 7.77. The van der Waals surface area contributed by atoms with E-state index >= 15 is 0 Å². The van der Waals surface area contributed by atoms with E-state index in [0.717, 1.165) is 32.3 Å². The van der Waals surface area contributed by atoms with Crippen molar-refractivity contribution in [3.8, 4) is 0 Å². The molecule has 1 heterocycles. The van der Waals surface area contributed by atoms with Crippen molar-refractivity contribution in [2.45, 2.75) is 76.2 Å². The van der Waals surface area contributed by atoms with Gasteiger partial charge in [-0.15, -0.1) is 0 Å². The molecule has 116 valence electrons. The number of hydrogen-bond donors (Lipinski definition) is 2. The van der Waals surface area contributed by atoms with Crippen molar-refractivity contribution in [3.05, 3.63) is 0 Å². The zero-order valence-corrected chi connectivity index (χ0v) is 13.2. The van der Waals surface area contributed by atoms with Gasteiger partial charge in [-0.3, -0.25) is 9.69 Å². The fraction of sp³-hybridized carbons (Fsp3) is 0.933. The zero-order valence-electron chi connectivity index (χ0n) is 13.2. The number of hydrogen-bond acceptors (Lipinski definition) is 4. The van der Waals surface area contributed by atoms with Gasteiger partial charge in [0.25, 0.3) is 0 Å². The fourth-order valence-electron chi connectivity index (χ4n) is 3.87. The molecule has 2 fully saturated rings. The minimum Gasteiger partial charge on any atom is -0.377 e. The van der Waals surface area contributed by atoms with E-state index in [1.54, 1.807) is 0 Å². The summed E-state index contributed by atoms with van der Waals surface area (Å²) in [6.45, 7) is 7.11. The summed E-state index contributed by atoms with van der Waals surface area (Å²) in [6.07, 6.45) is 4.01. The molecule has 5 nitrogen and oxygen atoms in total. The fourth-order valence-corrected chi connectivity index (χ4v) is 3.87. The highest BCUT2D eigenvalue weighted by molar-refractivity contribution is 5.85. The lowest BCUT2D eigenvalue weighted by Crippen LogP contribution is -2.57. The maximum absolute atomic E-state index is 11.9. The number of rotatable bonds is 5. The van der Waals surface area contributed by atoms with Crippen LogP contribution >= 0.6 is 0 Å². The summed E-state index contributed by atoms with van der Waals surface area (Å²) in [5.74, 6) is -0.210. The number of nitrogens with one attached hydrogen (secondary N) is 1. The van der Waals surface area contributed by atoms with Gasteiger partial charge in [-0.2, -0.15) is 0 Å². The van der Waals surface area contributed by atoms with Crippen LogP contribution in [0.25, 0.3) is 0 Å². The van der Waals surface area contributed by atoms with Crippen molar-refractivity contribution in [3.63, 3.8) is 0 Å². The molecule has 1 saturated carbocycles. The van der Waals surface area contributed by atoms with Crippen LogP contribution in [0, 0.1) is 0 Å². The van der Waals surface area contributed by atoms with Gasteiger partial charge in [0, 0.05) is 24.7 Å². The Hall–Kier alpha value is -0.650. The number of primary amides is 1. The van der Waals surface area contributed by atoms with E-state index < -0.39 is 5.54 Å². The second kappa shape index (κ2) is 6.00. The Kier molecular flexibility index (Phi) is 4.72. The minimum absolute atomic E-state index is 0.210. The standard InChI is InChI=1S/C15H29N3O2/c1-10(2)17-15(14(16)19)7-5-12(9-15)18(4)13-6-8-20-11(13)3/h10-13,17H,5-9H2,1-4H3,(H2,16,19). The maximum Gasteiger partial charge on any atom is 0.237 e. The molecule has 1 saturated heterocycles. The predicted molar refractivity (Wildman–Crippen MR) is 79.4 cm³/mol. The summed E-state index contributed by atoms with van der Waals surface area (Å²) in [6, 6.07) is 1.13. The third kappa shape index (κ3) is 3.00. The molecule has 1 amide bonds. The third-order valence-corrected chi connectivity index (χ3v) is 4.96. The van der Waals surface area contributed by atoms with Gasteiger partial charge in [0.15, 0.2) is 0 Å². The van der Waals surface area contributed by atoms with Crippen molar-refractivity contribution in [2.75, 3.05) is 13.7 Å². The van der Waals surface area contributed by atoms with Crippen molar-refractivity contribution in [1.82, 2.24) is 10.2 Å². The van der Waals surface area contributed by atoms with Gasteiger partial charge in [-0.05, 0) is 53.5 Å². The summed E-state index contributed by atoms with van der Waals surface area (Å²) in [7, 11) is 2.16. The minimum atomic E-state index is -0.532. The van der Waals surface area contributed by atoms with E-state index in [2.05, 4.69) is 38.0 Å². The molecule has 20 heavy (non-hydrogen) atoms. The van der Waals surface area contributed by atoms with Crippen LogP contribution in [0.3, 0.4) is 0 Å². The van der Waals surface area contributed by atoms with E-state index in [1.165, 1.54) is 0 Å². The summed E-state index contributed by atoms with van der Waals surface area (Å²) in [5, 5.41) is 3.41. The van der Waals surface area contributed by atoms with Gasteiger partial charge in [0.05, 0.1) is 11.6 Å². The molecule has 3 N–H and O–H groups in total. The van der Waals surface area contributed by atoms with Crippen molar-refractivity contribution in [2.24, 2.45) is 5.73 Å². The number of amides is 1. The molecule has 2 aliphatic rings. The summed E-state index contributed by atoms with van der Waals surface area (Å²) < 4.78 is 5.66. The number of likely N-dealkylation sites (N-methyl/N-ethyl adjacent to an activating group) is 1. The number of nitrogens with two attached hydrogens (primary N) is 1. The van der Waals surface area contributed by atoms with Crippen LogP contribution in [0.15, 0.2) is 0 Å². The second-order valence-corrected chi connectivity index (χ2v) is 6.74. The third-order valence-electron chi connectivity index (χ3n) is 4.96. The van der Waals surface area contributed by atoms with E-state index in [1.807, 2.05) is 0 Å². The first-order chi connectivity index (χ1) is 9.35.